The maximum absolute atomic E-state index is 12.3. The molecule has 0 spiro atoms. The summed E-state index contributed by atoms with van der Waals surface area (Å²) in [6, 6.07) is 5.66. The van der Waals surface area contributed by atoms with Gasteiger partial charge in [0.25, 0.3) is 0 Å². The number of ether oxygens (including phenoxy) is 2. The highest BCUT2D eigenvalue weighted by Gasteiger charge is 2.18. The standard InChI is InChI=1S/C16H20N4O3S2/c1-3-6-17-15-19-20-16(25-15)24-10(2)14(21)18-8-11-4-5-12-13(7-11)23-9-22-12/h4-5,7,10H,3,6,8-9H2,1-2H3,(H,17,19)(H,18,21)/t10-/m0/s1. The number of carbonyl (C=O) groups excluding carboxylic acids is 1. The van der Waals surface area contributed by atoms with Crippen LogP contribution in [0.2, 0.25) is 0 Å². The lowest BCUT2D eigenvalue weighted by Gasteiger charge is -2.10. The lowest BCUT2D eigenvalue weighted by molar-refractivity contribution is -0.120. The Kier molecular flexibility index (Phi) is 5.98. The average Bonchev–Trinajstić information content (AvgIpc) is 3.26. The van der Waals surface area contributed by atoms with Gasteiger partial charge >= 0.3 is 0 Å². The SMILES string of the molecule is CCCNc1nnc(S[C@@H](C)C(=O)NCc2ccc3c(c2)OCO3)s1. The summed E-state index contributed by atoms with van der Waals surface area (Å²) in [4.78, 5) is 12.3. The minimum atomic E-state index is -0.249. The van der Waals surface area contributed by atoms with E-state index in [0.717, 1.165) is 39.5 Å². The first-order chi connectivity index (χ1) is 12.2. The van der Waals surface area contributed by atoms with Crippen LogP contribution in [-0.4, -0.2) is 34.7 Å². The summed E-state index contributed by atoms with van der Waals surface area (Å²) in [5, 5.41) is 14.8. The van der Waals surface area contributed by atoms with Crippen LogP contribution in [0.1, 0.15) is 25.8 Å². The highest BCUT2D eigenvalue weighted by molar-refractivity contribution is 8.02. The molecule has 25 heavy (non-hydrogen) atoms. The fraction of sp³-hybridized carbons (Fsp3) is 0.438. The molecule has 1 amide bonds. The Morgan fingerprint density at radius 2 is 2.20 bits per heavy atom. The van der Waals surface area contributed by atoms with Crippen LogP contribution in [0.15, 0.2) is 22.5 Å². The molecule has 0 bridgehead atoms. The molecule has 0 radical (unpaired) electrons. The van der Waals surface area contributed by atoms with Gasteiger partial charge in [-0.15, -0.1) is 10.2 Å². The van der Waals surface area contributed by atoms with E-state index in [-0.39, 0.29) is 18.0 Å². The normalized spacial score (nSPS) is 13.5. The number of nitrogens with zero attached hydrogens (tertiary/aromatic N) is 2. The zero-order valence-corrected chi connectivity index (χ0v) is 15.7. The minimum absolute atomic E-state index is 0.0408. The molecule has 1 aliphatic heterocycles. The van der Waals surface area contributed by atoms with E-state index in [4.69, 9.17) is 9.47 Å². The molecule has 1 aromatic carbocycles. The molecule has 0 unspecified atom stereocenters. The van der Waals surface area contributed by atoms with Crippen molar-refractivity contribution in [2.45, 2.75) is 36.4 Å². The lowest BCUT2D eigenvalue weighted by atomic mass is 10.2. The number of hydrogen-bond donors (Lipinski definition) is 2. The quantitative estimate of drug-likeness (QED) is 0.681. The van der Waals surface area contributed by atoms with Gasteiger partial charge in [-0.1, -0.05) is 36.1 Å². The number of amides is 1. The van der Waals surface area contributed by atoms with E-state index in [0.29, 0.717) is 6.54 Å². The fourth-order valence-electron chi connectivity index (χ4n) is 2.15. The van der Waals surface area contributed by atoms with Gasteiger partial charge in [0.2, 0.25) is 17.8 Å². The van der Waals surface area contributed by atoms with Crippen molar-refractivity contribution in [1.29, 1.82) is 0 Å². The van der Waals surface area contributed by atoms with Crippen molar-refractivity contribution in [3.63, 3.8) is 0 Å². The summed E-state index contributed by atoms with van der Waals surface area (Å²) in [7, 11) is 0. The van der Waals surface area contributed by atoms with Crippen molar-refractivity contribution in [3.05, 3.63) is 23.8 Å². The van der Waals surface area contributed by atoms with Crippen LogP contribution in [0.5, 0.6) is 11.5 Å². The van der Waals surface area contributed by atoms with Crippen LogP contribution < -0.4 is 20.1 Å². The molecule has 2 N–H and O–H groups in total. The summed E-state index contributed by atoms with van der Waals surface area (Å²) < 4.78 is 11.4. The highest BCUT2D eigenvalue weighted by atomic mass is 32.2. The highest BCUT2D eigenvalue weighted by Crippen LogP contribution is 2.32. The maximum atomic E-state index is 12.3. The molecule has 1 aliphatic rings. The Bertz CT molecular complexity index is 738. The van der Waals surface area contributed by atoms with E-state index in [2.05, 4.69) is 27.8 Å². The molecule has 0 fully saturated rings. The number of thioether (sulfide) groups is 1. The molecular formula is C16H20N4O3S2. The van der Waals surface area contributed by atoms with Crippen LogP contribution in [0.4, 0.5) is 5.13 Å². The smallest absolute Gasteiger partial charge is 0.233 e. The summed E-state index contributed by atoms with van der Waals surface area (Å²) in [5.41, 5.74) is 0.969. The second-order valence-corrected chi connectivity index (χ2v) is 8.03. The Morgan fingerprint density at radius 1 is 1.36 bits per heavy atom. The maximum Gasteiger partial charge on any atom is 0.233 e. The molecule has 1 aromatic heterocycles. The predicted molar refractivity (Wildman–Crippen MR) is 98.4 cm³/mol. The number of aromatic nitrogens is 2. The molecule has 0 saturated heterocycles. The molecule has 1 atom stereocenters. The predicted octanol–water partition coefficient (Wildman–Crippen LogP) is 2.89. The average molecular weight is 380 g/mol. The van der Waals surface area contributed by atoms with Gasteiger partial charge in [0.1, 0.15) is 0 Å². The number of nitrogens with one attached hydrogen (secondary N) is 2. The third-order valence-corrected chi connectivity index (χ3v) is 5.55. The van der Waals surface area contributed by atoms with Crippen molar-refractivity contribution >= 4 is 34.1 Å². The molecule has 3 rings (SSSR count). The Hall–Kier alpha value is -2.00. The van der Waals surface area contributed by atoms with Crippen LogP contribution in [0, 0.1) is 0 Å². The number of hydrogen-bond acceptors (Lipinski definition) is 8. The first kappa shape index (κ1) is 17.8. The zero-order chi connectivity index (χ0) is 17.6. The monoisotopic (exact) mass is 380 g/mol. The summed E-state index contributed by atoms with van der Waals surface area (Å²) in [5.74, 6) is 1.42. The first-order valence-electron chi connectivity index (χ1n) is 8.06. The van der Waals surface area contributed by atoms with Gasteiger partial charge in [0, 0.05) is 13.1 Å². The van der Waals surface area contributed by atoms with E-state index < -0.39 is 0 Å². The van der Waals surface area contributed by atoms with E-state index in [1.54, 1.807) is 0 Å². The van der Waals surface area contributed by atoms with Gasteiger partial charge in [0.05, 0.1) is 5.25 Å². The van der Waals surface area contributed by atoms with E-state index >= 15 is 0 Å². The van der Waals surface area contributed by atoms with Gasteiger partial charge in [-0.3, -0.25) is 4.79 Å². The lowest BCUT2D eigenvalue weighted by Crippen LogP contribution is -2.30. The van der Waals surface area contributed by atoms with Crippen molar-refractivity contribution in [1.82, 2.24) is 15.5 Å². The van der Waals surface area contributed by atoms with Crippen LogP contribution in [0.25, 0.3) is 0 Å². The third kappa shape index (κ3) is 4.76. The number of anilines is 1. The number of rotatable bonds is 8. The molecule has 2 heterocycles. The Morgan fingerprint density at radius 3 is 3.04 bits per heavy atom. The first-order valence-corrected chi connectivity index (χ1v) is 9.75. The second kappa shape index (κ2) is 8.39. The Balaban J connectivity index is 1.48. The van der Waals surface area contributed by atoms with Crippen molar-refractivity contribution in [2.24, 2.45) is 0 Å². The van der Waals surface area contributed by atoms with E-state index in [1.165, 1.54) is 23.1 Å². The summed E-state index contributed by atoms with van der Waals surface area (Å²) >= 11 is 2.88. The van der Waals surface area contributed by atoms with Crippen molar-refractivity contribution in [3.8, 4) is 11.5 Å². The number of benzene rings is 1. The summed E-state index contributed by atoms with van der Waals surface area (Å²) in [6.07, 6.45) is 1.03. The molecule has 0 aliphatic carbocycles. The largest absolute Gasteiger partial charge is 0.454 e. The number of carbonyl (C=O) groups is 1. The molecule has 7 nitrogen and oxygen atoms in total. The molecular weight excluding hydrogens is 360 g/mol. The van der Waals surface area contributed by atoms with Gasteiger partial charge in [0.15, 0.2) is 15.8 Å². The summed E-state index contributed by atoms with van der Waals surface area (Å²) in [6.45, 7) is 5.51. The molecule has 134 valence electrons. The van der Waals surface area contributed by atoms with Gasteiger partial charge < -0.3 is 20.1 Å². The van der Waals surface area contributed by atoms with Crippen LogP contribution in [-0.2, 0) is 11.3 Å². The van der Waals surface area contributed by atoms with Gasteiger partial charge in [-0.2, -0.15) is 0 Å². The van der Waals surface area contributed by atoms with E-state index in [9.17, 15) is 4.79 Å². The topological polar surface area (TPSA) is 85.4 Å². The second-order valence-electron chi connectivity index (χ2n) is 5.47. The minimum Gasteiger partial charge on any atom is -0.454 e. The van der Waals surface area contributed by atoms with Crippen LogP contribution in [0.3, 0.4) is 0 Å². The van der Waals surface area contributed by atoms with Gasteiger partial charge in [-0.25, -0.2) is 0 Å². The fourth-order valence-corrected chi connectivity index (χ4v) is 4.10. The third-order valence-electron chi connectivity index (χ3n) is 3.48. The molecule has 9 heteroatoms. The number of fused-ring (bicyclic) bond motifs is 1. The molecule has 0 saturated carbocycles. The zero-order valence-electron chi connectivity index (χ0n) is 14.1. The Labute approximate surface area is 154 Å². The van der Waals surface area contributed by atoms with Crippen LogP contribution >= 0.6 is 23.1 Å². The van der Waals surface area contributed by atoms with E-state index in [1.807, 2.05) is 25.1 Å². The molecule has 2 aromatic rings. The van der Waals surface area contributed by atoms with Crippen molar-refractivity contribution < 1.29 is 14.3 Å². The van der Waals surface area contributed by atoms with Crippen molar-refractivity contribution in [2.75, 3.05) is 18.7 Å². The van der Waals surface area contributed by atoms with Gasteiger partial charge in [-0.05, 0) is 31.0 Å².